The number of rotatable bonds is 4. The minimum absolute atomic E-state index is 0.0882. The summed E-state index contributed by atoms with van der Waals surface area (Å²) >= 11 is 5.99. The molecule has 25 heavy (non-hydrogen) atoms. The van der Waals surface area contributed by atoms with E-state index in [4.69, 9.17) is 22.1 Å². The van der Waals surface area contributed by atoms with Gasteiger partial charge in [-0.05, 0) is 48.9 Å². The fourth-order valence-corrected chi connectivity index (χ4v) is 2.62. The molecule has 0 aliphatic rings. The van der Waals surface area contributed by atoms with Crippen LogP contribution in [0.2, 0.25) is 5.02 Å². The first-order valence-electron chi connectivity index (χ1n) is 7.57. The molecule has 0 saturated heterocycles. The molecule has 0 aliphatic heterocycles. The number of hydrogen-bond donors (Lipinski definition) is 1. The van der Waals surface area contributed by atoms with E-state index < -0.39 is 11.9 Å². The van der Waals surface area contributed by atoms with Crippen molar-refractivity contribution in [1.82, 2.24) is 4.98 Å². The van der Waals surface area contributed by atoms with Crippen LogP contribution in [0.3, 0.4) is 0 Å². The van der Waals surface area contributed by atoms with Crippen LogP contribution in [0.1, 0.15) is 32.0 Å². The monoisotopic (exact) mass is 354 g/mol. The zero-order valence-electron chi connectivity index (χ0n) is 13.5. The van der Waals surface area contributed by atoms with Gasteiger partial charge in [0.05, 0.1) is 16.8 Å². The third-order valence-electron chi connectivity index (χ3n) is 3.80. The summed E-state index contributed by atoms with van der Waals surface area (Å²) in [6.45, 7) is 1.84. The standard InChI is InChI=1S/C19H15ClN2O3/c1-11-16(9-14-8-15(20)6-7-17(14)22-11)19(24)25-10-12-2-4-13(5-3-12)18(21)23/h2-9H,10H2,1H3,(H2,21,23). The van der Waals surface area contributed by atoms with Gasteiger partial charge in [0.25, 0.3) is 0 Å². The molecule has 1 aromatic heterocycles. The SMILES string of the molecule is Cc1nc2ccc(Cl)cc2cc1C(=O)OCc1ccc(C(N)=O)cc1. The number of carbonyl (C=O) groups excluding carboxylic acids is 2. The maximum Gasteiger partial charge on any atom is 0.340 e. The number of esters is 1. The van der Waals surface area contributed by atoms with Gasteiger partial charge in [0.2, 0.25) is 5.91 Å². The molecule has 1 amide bonds. The first-order chi connectivity index (χ1) is 11.9. The number of pyridine rings is 1. The number of aromatic nitrogens is 1. The zero-order valence-corrected chi connectivity index (χ0v) is 14.2. The molecule has 0 radical (unpaired) electrons. The normalized spacial score (nSPS) is 10.6. The lowest BCUT2D eigenvalue weighted by molar-refractivity contribution is 0.0471. The molecule has 3 aromatic rings. The average molecular weight is 355 g/mol. The summed E-state index contributed by atoms with van der Waals surface area (Å²) < 4.78 is 5.35. The second-order valence-corrected chi connectivity index (χ2v) is 6.03. The van der Waals surface area contributed by atoms with Gasteiger partial charge in [0.1, 0.15) is 6.61 Å². The number of nitrogens with two attached hydrogens (primary N) is 1. The van der Waals surface area contributed by atoms with E-state index in [-0.39, 0.29) is 6.61 Å². The van der Waals surface area contributed by atoms with E-state index in [1.54, 1.807) is 55.5 Å². The summed E-state index contributed by atoms with van der Waals surface area (Å²) in [7, 11) is 0. The third kappa shape index (κ3) is 3.78. The van der Waals surface area contributed by atoms with E-state index in [0.29, 0.717) is 21.8 Å². The van der Waals surface area contributed by atoms with E-state index in [2.05, 4.69) is 4.98 Å². The average Bonchev–Trinajstić information content (AvgIpc) is 2.59. The highest BCUT2D eigenvalue weighted by Gasteiger charge is 2.14. The Hall–Kier alpha value is -2.92. The van der Waals surface area contributed by atoms with E-state index in [9.17, 15) is 9.59 Å². The van der Waals surface area contributed by atoms with E-state index in [1.807, 2.05) is 0 Å². The van der Waals surface area contributed by atoms with Crippen molar-refractivity contribution < 1.29 is 14.3 Å². The van der Waals surface area contributed by atoms with Gasteiger partial charge < -0.3 is 10.5 Å². The van der Waals surface area contributed by atoms with Gasteiger partial charge >= 0.3 is 5.97 Å². The Morgan fingerprint density at radius 3 is 2.52 bits per heavy atom. The predicted molar refractivity (Wildman–Crippen MR) is 95.6 cm³/mol. The first-order valence-corrected chi connectivity index (χ1v) is 7.94. The maximum absolute atomic E-state index is 12.4. The van der Waals surface area contributed by atoms with Gasteiger partial charge in [-0.1, -0.05) is 23.7 Å². The quantitative estimate of drug-likeness (QED) is 0.725. The fraction of sp³-hybridized carbons (Fsp3) is 0.105. The van der Waals surface area contributed by atoms with Gasteiger partial charge in [-0.25, -0.2) is 4.79 Å². The smallest absolute Gasteiger partial charge is 0.340 e. The van der Waals surface area contributed by atoms with Crippen molar-refractivity contribution in [2.24, 2.45) is 5.73 Å². The second-order valence-electron chi connectivity index (χ2n) is 5.60. The van der Waals surface area contributed by atoms with Crippen molar-refractivity contribution in [3.63, 3.8) is 0 Å². The fourth-order valence-electron chi connectivity index (χ4n) is 2.44. The van der Waals surface area contributed by atoms with Crippen molar-refractivity contribution in [2.45, 2.75) is 13.5 Å². The molecular formula is C19H15ClN2O3. The Labute approximate surface area is 149 Å². The van der Waals surface area contributed by atoms with E-state index in [1.165, 1.54) is 0 Å². The van der Waals surface area contributed by atoms with Crippen LogP contribution in [0, 0.1) is 6.92 Å². The van der Waals surface area contributed by atoms with Crippen molar-refractivity contribution in [3.05, 3.63) is 75.9 Å². The van der Waals surface area contributed by atoms with E-state index in [0.717, 1.165) is 16.5 Å². The Morgan fingerprint density at radius 2 is 1.84 bits per heavy atom. The molecule has 6 heteroatoms. The number of amides is 1. The number of halogens is 1. The van der Waals surface area contributed by atoms with Crippen molar-refractivity contribution in [2.75, 3.05) is 0 Å². The van der Waals surface area contributed by atoms with Crippen LogP contribution >= 0.6 is 11.6 Å². The molecular weight excluding hydrogens is 340 g/mol. The number of aryl methyl sites for hydroxylation is 1. The number of carbonyl (C=O) groups is 2. The molecule has 0 atom stereocenters. The molecule has 2 aromatic carbocycles. The summed E-state index contributed by atoms with van der Waals surface area (Å²) in [5.41, 5.74) is 8.10. The second kappa shape index (κ2) is 6.91. The molecule has 3 rings (SSSR count). The number of hydrogen-bond acceptors (Lipinski definition) is 4. The summed E-state index contributed by atoms with van der Waals surface area (Å²) in [6.07, 6.45) is 0. The summed E-state index contributed by atoms with van der Waals surface area (Å²) in [6, 6.07) is 13.6. The topological polar surface area (TPSA) is 82.3 Å². The molecule has 0 aliphatic carbocycles. The lowest BCUT2D eigenvalue weighted by Crippen LogP contribution is -2.11. The highest BCUT2D eigenvalue weighted by atomic mass is 35.5. The highest BCUT2D eigenvalue weighted by Crippen LogP contribution is 2.21. The minimum atomic E-state index is -0.500. The molecule has 0 saturated carbocycles. The van der Waals surface area contributed by atoms with Gasteiger partial charge in [-0.3, -0.25) is 9.78 Å². The Morgan fingerprint density at radius 1 is 1.12 bits per heavy atom. The number of fused-ring (bicyclic) bond motifs is 1. The number of benzene rings is 2. The molecule has 126 valence electrons. The molecule has 2 N–H and O–H groups in total. The lowest BCUT2D eigenvalue weighted by atomic mass is 10.1. The number of ether oxygens (including phenoxy) is 1. The summed E-state index contributed by atoms with van der Waals surface area (Å²) in [5, 5.41) is 1.35. The van der Waals surface area contributed by atoms with Gasteiger partial charge in [0, 0.05) is 16.0 Å². The Bertz CT molecular complexity index is 968. The van der Waals surface area contributed by atoms with Crippen LogP contribution in [-0.2, 0) is 11.3 Å². The number of nitrogens with zero attached hydrogens (tertiary/aromatic N) is 1. The third-order valence-corrected chi connectivity index (χ3v) is 4.03. The number of primary amides is 1. The van der Waals surface area contributed by atoms with Crippen molar-refractivity contribution in [1.29, 1.82) is 0 Å². The maximum atomic E-state index is 12.4. The van der Waals surface area contributed by atoms with Crippen LogP contribution in [0.5, 0.6) is 0 Å². The molecule has 0 unspecified atom stereocenters. The van der Waals surface area contributed by atoms with Gasteiger partial charge in [0.15, 0.2) is 0 Å². The highest BCUT2D eigenvalue weighted by molar-refractivity contribution is 6.31. The predicted octanol–water partition coefficient (Wildman–Crippen LogP) is 3.65. The molecule has 5 nitrogen and oxygen atoms in total. The van der Waals surface area contributed by atoms with Crippen LogP contribution in [0.4, 0.5) is 0 Å². The summed E-state index contributed by atoms with van der Waals surface area (Å²) in [4.78, 5) is 27.8. The molecule has 0 bridgehead atoms. The zero-order chi connectivity index (χ0) is 18.0. The minimum Gasteiger partial charge on any atom is -0.457 e. The molecule has 1 heterocycles. The van der Waals surface area contributed by atoms with Gasteiger partial charge in [-0.15, -0.1) is 0 Å². The van der Waals surface area contributed by atoms with Crippen molar-refractivity contribution >= 4 is 34.4 Å². The van der Waals surface area contributed by atoms with Crippen LogP contribution in [-0.4, -0.2) is 16.9 Å². The molecule has 0 spiro atoms. The molecule has 0 fully saturated rings. The first kappa shape index (κ1) is 16.9. The largest absolute Gasteiger partial charge is 0.457 e. The Balaban J connectivity index is 1.77. The van der Waals surface area contributed by atoms with Crippen LogP contribution < -0.4 is 5.73 Å². The lowest BCUT2D eigenvalue weighted by Gasteiger charge is -2.09. The van der Waals surface area contributed by atoms with Crippen LogP contribution in [0.15, 0.2) is 48.5 Å². The Kier molecular flexibility index (Phi) is 4.67. The van der Waals surface area contributed by atoms with Gasteiger partial charge in [-0.2, -0.15) is 0 Å². The van der Waals surface area contributed by atoms with Crippen LogP contribution in [0.25, 0.3) is 10.9 Å². The van der Waals surface area contributed by atoms with Crippen molar-refractivity contribution in [3.8, 4) is 0 Å². The van der Waals surface area contributed by atoms with E-state index >= 15 is 0 Å². The summed E-state index contributed by atoms with van der Waals surface area (Å²) in [5.74, 6) is -0.967.